The van der Waals surface area contributed by atoms with Crippen LogP contribution < -0.4 is 14.5 Å². The molecule has 1 amide bonds. The molecule has 0 spiro atoms. The molecular weight excluding hydrogens is 414 g/mol. The summed E-state index contributed by atoms with van der Waals surface area (Å²) in [4.78, 5) is 12.4. The number of nitrogens with one attached hydrogen (secondary N) is 1. The Hall–Kier alpha value is -2.58. The highest BCUT2D eigenvalue weighted by Crippen LogP contribution is 2.26. The first-order valence-electron chi connectivity index (χ1n) is 8.92. The molecule has 9 heteroatoms. The second-order valence-electron chi connectivity index (χ2n) is 6.39. The van der Waals surface area contributed by atoms with E-state index in [2.05, 4.69) is 10.5 Å². The predicted molar refractivity (Wildman–Crippen MR) is 116 cm³/mol. The topological polar surface area (TPSA) is 88.1 Å². The van der Waals surface area contributed by atoms with Crippen LogP contribution in [0.25, 0.3) is 0 Å². The molecule has 0 radical (unpaired) electrons. The molecule has 2 aromatic rings. The van der Waals surface area contributed by atoms with Crippen LogP contribution in [0.3, 0.4) is 0 Å². The van der Waals surface area contributed by atoms with Crippen LogP contribution in [0.5, 0.6) is 5.75 Å². The molecule has 29 heavy (non-hydrogen) atoms. The highest BCUT2D eigenvalue weighted by molar-refractivity contribution is 7.92. The fourth-order valence-corrected chi connectivity index (χ4v) is 3.64. The zero-order valence-corrected chi connectivity index (χ0v) is 18.3. The van der Waals surface area contributed by atoms with Gasteiger partial charge in [0.15, 0.2) is 0 Å². The zero-order valence-electron chi connectivity index (χ0n) is 16.8. The second kappa shape index (κ2) is 9.76. The predicted octanol–water partition coefficient (Wildman–Crippen LogP) is 3.35. The van der Waals surface area contributed by atoms with Gasteiger partial charge in [-0.05, 0) is 68.3 Å². The van der Waals surface area contributed by atoms with Crippen molar-refractivity contribution in [2.24, 2.45) is 5.10 Å². The summed E-state index contributed by atoms with van der Waals surface area (Å²) in [5.41, 5.74) is 4.82. The third kappa shape index (κ3) is 6.47. The first-order chi connectivity index (χ1) is 13.6. The average Bonchev–Trinajstić information content (AvgIpc) is 2.66. The molecule has 0 aliphatic rings. The minimum atomic E-state index is -3.70. The van der Waals surface area contributed by atoms with Crippen LogP contribution >= 0.6 is 11.6 Å². The van der Waals surface area contributed by atoms with Crippen LogP contribution in [-0.4, -0.2) is 39.4 Å². The lowest BCUT2D eigenvalue weighted by Crippen LogP contribution is -2.39. The van der Waals surface area contributed by atoms with E-state index < -0.39 is 22.5 Å². The number of hydrogen-bond acceptors (Lipinski definition) is 5. The number of hydrogen-bond donors (Lipinski definition) is 1. The number of sulfonamides is 1. The van der Waals surface area contributed by atoms with Gasteiger partial charge in [0.1, 0.15) is 12.3 Å². The number of aryl methyl sites for hydroxylation is 1. The van der Waals surface area contributed by atoms with Gasteiger partial charge >= 0.3 is 0 Å². The fraction of sp³-hybridized carbons (Fsp3) is 0.300. The fourth-order valence-electron chi connectivity index (χ4n) is 2.57. The number of nitrogens with zero attached hydrogens (tertiary/aromatic N) is 2. The van der Waals surface area contributed by atoms with Gasteiger partial charge in [-0.25, -0.2) is 13.8 Å². The summed E-state index contributed by atoms with van der Waals surface area (Å²) in [6.07, 6.45) is 1.04. The Labute approximate surface area is 176 Å². The van der Waals surface area contributed by atoms with E-state index >= 15 is 0 Å². The molecule has 0 unspecified atom stereocenters. The van der Waals surface area contributed by atoms with E-state index in [0.717, 1.165) is 21.9 Å². The molecule has 0 aromatic heterocycles. The summed E-state index contributed by atoms with van der Waals surface area (Å²) in [5.74, 6) is 0.175. The highest BCUT2D eigenvalue weighted by atomic mass is 35.5. The van der Waals surface area contributed by atoms with Crippen molar-refractivity contribution < 1.29 is 17.9 Å². The quantitative estimate of drug-likeness (QED) is 0.506. The first-order valence-corrected chi connectivity index (χ1v) is 11.1. The van der Waals surface area contributed by atoms with Crippen LogP contribution in [0.2, 0.25) is 5.02 Å². The van der Waals surface area contributed by atoms with E-state index in [1.807, 2.05) is 31.2 Å². The number of benzene rings is 2. The van der Waals surface area contributed by atoms with Crippen LogP contribution in [0.1, 0.15) is 25.0 Å². The summed E-state index contributed by atoms with van der Waals surface area (Å²) in [5, 5.41) is 4.45. The number of ether oxygens (including phenoxy) is 1. The van der Waals surface area contributed by atoms with Gasteiger partial charge in [-0.3, -0.25) is 9.10 Å². The van der Waals surface area contributed by atoms with Crippen molar-refractivity contribution in [1.82, 2.24) is 5.43 Å². The Morgan fingerprint density at radius 3 is 2.45 bits per heavy atom. The van der Waals surface area contributed by atoms with Gasteiger partial charge in [0.2, 0.25) is 10.0 Å². The lowest BCUT2D eigenvalue weighted by Gasteiger charge is -2.23. The Morgan fingerprint density at radius 2 is 1.86 bits per heavy atom. The van der Waals surface area contributed by atoms with E-state index in [0.29, 0.717) is 28.6 Å². The lowest BCUT2D eigenvalue weighted by atomic mass is 10.1. The van der Waals surface area contributed by atoms with Crippen molar-refractivity contribution >= 4 is 38.9 Å². The van der Waals surface area contributed by atoms with Crippen LogP contribution in [0.15, 0.2) is 47.6 Å². The van der Waals surface area contributed by atoms with Crippen LogP contribution in [0, 0.1) is 6.92 Å². The molecule has 0 saturated carbocycles. The summed E-state index contributed by atoms with van der Waals surface area (Å²) in [7, 11) is -3.70. The molecule has 0 bridgehead atoms. The Kier molecular flexibility index (Phi) is 7.64. The molecule has 0 saturated heterocycles. The normalized spacial score (nSPS) is 11.8. The van der Waals surface area contributed by atoms with Crippen molar-refractivity contribution in [3.8, 4) is 5.75 Å². The second-order valence-corrected chi connectivity index (χ2v) is 8.73. The van der Waals surface area contributed by atoms with Gasteiger partial charge in [-0.2, -0.15) is 5.10 Å². The summed E-state index contributed by atoms with van der Waals surface area (Å²) in [6.45, 7) is 5.55. The van der Waals surface area contributed by atoms with Gasteiger partial charge in [-0.15, -0.1) is 0 Å². The molecule has 0 atom stereocenters. The maximum absolute atomic E-state index is 12.4. The van der Waals surface area contributed by atoms with E-state index in [9.17, 15) is 13.2 Å². The summed E-state index contributed by atoms with van der Waals surface area (Å²) in [6, 6.07) is 12.1. The van der Waals surface area contributed by atoms with E-state index in [4.69, 9.17) is 16.3 Å². The van der Waals surface area contributed by atoms with Crippen molar-refractivity contribution in [2.45, 2.75) is 20.8 Å². The Balaban J connectivity index is 2.14. The maximum Gasteiger partial charge on any atom is 0.260 e. The molecule has 2 aromatic carbocycles. The minimum Gasteiger partial charge on any atom is -0.494 e. The molecule has 2 rings (SSSR count). The molecule has 0 heterocycles. The molecule has 156 valence electrons. The summed E-state index contributed by atoms with van der Waals surface area (Å²) < 4.78 is 30.9. The van der Waals surface area contributed by atoms with Crippen LogP contribution in [-0.2, 0) is 14.8 Å². The van der Waals surface area contributed by atoms with Crippen molar-refractivity contribution in [2.75, 3.05) is 23.7 Å². The highest BCUT2D eigenvalue weighted by Gasteiger charge is 2.22. The van der Waals surface area contributed by atoms with Crippen molar-refractivity contribution in [3.05, 3.63) is 58.6 Å². The van der Waals surface area contributed by atoms with E-state index in [-0.39, 0.29) is 0 Å². The SMILES string of the molecule is CCOc1ccc(C(C)=NNC(=O)CN(c2cc(Cl)ccc2C)S(C)(=O)=O)cc1. The smallest absolute Gasteiger partial charge is 0.260 e. The van der Waals surface area contributed by atoms with Crippen LogP contribution in [0.4, 0.5) is 5.69 Å². The standard InChI is InChI=1S/C20H24ClN3O4S/c1-5-28-18-10-7-16(8-11-18)15(3)22-23-20(25)13-24(29(4,26)27)19-12-17(21)9-6-14(19)2/h6-12H,5,13H2,1-4H3,(H,23,25). The molecule has 0 fully saturated rings. The van der Waals surface area contributed by atoms with Gasteiger partial charge in [-0.1, -0.05) is 17.7 Å². The number of hydrazone groups is 1. The number of carbonyl (C=O) groups excluding carboxylic acids is 1. The number of anilines is 1. The molecular formula is C20H24ClN3O4S. The van der Waals surface area contributed by atoms with Gasteiger partial charge in [0.25, 0.3) is 5.91 Å². The zero-order chi connectivity index (χ0) is 21.6. The van der Waals surface area contributed by atoms with Crippen molar-refractivity contribution in [3.63, 3.8) is 0 Å². The number of amides is 1. The van der Waals surface area contributed by atoms with Crippen molar-refractivity contribution in [1.29, 1.82) is 0 Å². The first kappa shape index (κ1) is 22.7. The maximum atomic E-state index is 12.4. The lowest BCUT2D eigenvalue weighted by molar-refractivity contribution is -0.119. The average molecular weight is 438 g/mol. The molecule has 7 nitrogen and oxygen atoms in total. The summed E-state index contributed by atoms with van der Waals surface area (Å²) >= 11 is 6.00. The molecule has 1 N–H and O–H groups in total. The van der Waals surface area contributed by atoms with E-state index in [1.54, 1.807) is 26.0 Å². The minimum absolute atomic E-state index is 0.349. The van der Waals surface area contributed by atoms with Gasteiger partial charge in [0.05, 0.1) is 24.3 Å². The van der Waals surface area contributed by atoms with Gasteiger partial charge in [0, 0.05) is 5.02 Å². The number of rotatable bonds is 8. The number of halogens is 1. The largest absolute Gasteiger partial charge is 0.494 e. The monoisotopic (exact) mass is 437 g/mol. The Bertz CT molecular complexity index is 1000. The van der Waals surface area contributed by atoms with E-state index in [1.165, 1.54) is 6.07 Å². The van der Waals surface area contributed by atoms with Gasteiger partial charge < -0.3 is 4.74 Å². The number of carbonyl (C=O) groups is 1. The molecule has 0 aliphatic carbocycles. The molecule has 0 aliphatic heterocycles. The third-order valence-corrected chi connectivity index (χ3v) is 5.42. The third-order valence-electron chi connectivity index (χ3n) is 4.06. The Morgan fingerprint density at radius 1 is 1.21 bits per heavy atom.